The van der Waals surface area contributed by atoms with E-state index in [2.05, 4.69) is 17.2 Å². The van der Waals surface area contributed by atoms with Crippen molar-refractivity contribution >= 4 is 5.65 Å². The quantitative estimate of drug-likeness (QED) is 0.882. The Kier molecular flexibility index (Phi) is 4.34. The topological polar surface area (TPSA) is 46.4 Å². The van der Waals surface area contributed by atoms with Gasteiger partial charge in [-0.15, -0.1) is 0 Å². The average Bonchev–Trinajstić information content (AvgIpc) is 2.70. The Hall–Kier alpha value is -1.68. The van der Waals surface area contributed by atoms with Crippen LogP contribution in [0.15, 0.2) is 35.3 Å². The van der Waals surface area contributed by atoms with E-state index in [0.717, 1.165) is 17.3 Å². The second-order valence-corrected chi connectivity index (χ2v) is 6.21. The molecule has 3 rings (SSSR count). The van der Waals surface area contributed by atoms with E-state index >= 15 is 0 Å². The van der Waals surface area contributed by atoms with E-state index in [1.165, 1.54) is 32.1 Å². The van der Waals surface area contributed by atoms with Crippen LogP contribution in [0.2, 0.25) is 0 Å². The highest BCUT2D eigenvalue weighted by molar-refractivity contribution is 5.37. The minimum absolute atomic E-state index is 0.00751. The molecular weight excluding hydrogens is 262 g/mol. The smallest absolute Gasteiger partial charge is 0.258 e. The van der Waals surface area contributed by atoms with Crippen LogP contribution in [0, 0.1) is 5.92 Å². The fourth-order valence-corrected chi connectivity index (χ4v) is 3.13. The Morgan fingerprint density at radius 3 is 3.10 bits per heavy atom. The molecule has 1 fully saturated rings. The van der Waals surface area contributed by atoms with Gasteiger partial charge in [-0.3, -0.25) is 9.20 Å². The van der Waals surface area contributed by atoms with Gasteiger partial charge in [0.1, 0.15) is 5.65 Å². The van der Waals surface area contributed by atoms with Gasteiger partial charge >= 0.3 is 0 Å². The largest absolute Gasteiger partial charge is 0.308 e. The van der Waals surface area contributed by atoms with Crippen LogP contribution in [-0.2, 0) is 6.54 Å². The van der Waals surface area contributed by atoms with Crippen LogP contribution in [-0.4, -0.2) is 15.4 Å². The molecule has 1 N–H and O–H groups in total. The molecule has 0 spiro atoms. The number of nitrogens with one attached hydrogen (secondary N) is 1. The van der Waals surface area contributed by atoms with Crippen LogP contribution < -0.4 is 10.9 Å². The fraction of sp³-hybridized carbons (Fsp3) is 0.529. The first kappa shape index (κ1) is 14.3. The van der Waals surface area contributed by atoms with Crippen molar-refractivity contribution in [3.63, 3.8) is 0 Å². The molecule has 2 aromatic rings. The molecule has 0 amide bonds. The molecule has 0 bridgehead atoms. The summed E-state index contributed by atoms with van der Waals surface area (Å²) < 4.78 is 1.58. The Morgan fingerprint density at radius 1 is 1.29 bits per heavy atom. The van der Waals surface area contributed by atoms with E-state index in [0.29, 0.717) is 12.6 Å². The second-order valence-electron chi connectivity index (χ2n) is 6.21. The van der Waals surface area contributed by atoms with Gasteiger partial charge in [0.25, 0.3) is 5.56 Å². The fourth-order valence-electron chi connectivity index (χ4n) is 3.13. The summed E-state index contributed by atoms with van der Waals surface area (Å²) in [6, 6.07) is 7.83. The van der Waals surface area contributed by atoms with Gasteiger partial charge in [0.15, 0.2) is 0 Å². The predicted molar refractivity (Wildman–Crippen MR) is 84.3 cm³/mol. The molecule has 1 aliphatic carbocycles. The molecule has 0 aliphatic heterocycles. The Morgan fingerprint density at radius 2 is 2.19 bits per heavy atom. The highest BCUT2D eigenvalue weighted by Crippen LogP contribution is 2.22. The van der Waals surface area contributed by atoms with Crippen LogP contribution in [0.5, 0.6) is 0 Å². The molecule has 2 unspecified atom stereocenters. The first-order chi connectivity index (χ1) is 10.2. The Bertz CT molecular complexity index is 664. The molecule has 2 atom stereocenters. The Labute approximate surface area is 125 Å². The predicted octanol–water partition coefficient (Wildman–Crippen LogP) is 2.75. The number of pyridine rings is 1. The Balaban J connectivity index is 1.69. The zero-order valence-corrected chi connectivity index (χ0v) is 12.6. The van der Waals surface area contributed by atoms with E-state index in [1.54, 1.807) is 16.7 Å². The van der Waals surface area contributed by atoms with Crippen LogP contribution in [0.4, 0.5) is 0 Å². The summed E-state index contributed by atoms with van der Waals surface area (Å²) >= 11 is 0. The standard InChI is InChI=1S/C17H23N3O/c1-13-5-4-6-14(9-8-13)18-12-15-11-17(21)20-10-3-2-7-16(20)19-15/h2-3,7,10-11,13-14,18H,4-6,8-9,12H2,1H3. The number of fused-ring (bicyclic) bond motifs is 1. The summed E-state index contributed by atoms with van der Waals surface area (Å²) in [4.78, 5) is 16.6. The maximum atomic E-state index is 12.0. The minimum atomic E-state index is -0.00751. The maximum Gasteiger partial charge on any atom is 0.258 e. The lowest BCUT2D eigenvalue weighted by molar-refractivity contribution is 0.445. The summed E-state index contributed by atoms with van der Waals surface area (Å²) in [6.07, 6.45) is 8.16. The van der Waals surface area contributed by atoms with Crippen LogP contribution >= 0.6 is 0 Å². The lowest BCUT2D eigenvalue weighted by Gasteiger charge is -2.16. The minimum Gasteiger partial charge on any atom is -0.308 e. The third-order valence-corrected chi connectivity index (χ3v) is 4.45. The molecule has 1 saturated carbocycles. The van der Waals surface area contributed by atoms with E-state index < -0.39 is 0 Å². The van der Waals surface area contributed by atoms with E-state index in [4.69, 9.17) is 0 Å². The molecule has 1 aliphatic rings. The van der Waals surface area contributed by atoms with Gasteiger partial charge in [-0.25, -0.2) is 4.98 Å². The highest BCUT2D eigenvalue weighted by Gasteiger charge is 2.15. The number of nitrogens with zero attached hydrogens (tertiary/aromatic N) is 2. The molecule has 0 radical (unpaired) electrons. The van der Waals surface area contributed by atoms with Crippen LogP contribution in [0.3, 0.4) is 0 Å². The zero-order chi connectivity index (χ0) is 14.7. The van der Waals surface area contributed by atoms with Crippen LogP contribution in [0.1, 0.15) is 44.7 Å². The maximum absolute atomic E-state index is 12.0. The van der Waals surface area contributed by atoms with Gasteiger partial charge < -0.3 is 5.32 Å². The van der Waals surface area contributed by atoms with Gasteiger partial charge in [0, 0.05) is 24.8 Å². The third-order valence-electron chi connectivity index (χ3n) is 4.45. The van der Waals surface area contributed by atoms with Gasteiger partial charge in [-0.1, -0.05) is 25.8 Å². The summed E-state index contributed by atoms with van der Waals surface area (Å²) in [6.45, 7) is 3.02. The SMILES string of the molecule is CC1CCCC(NCc2cc(=O)n3ccccc3n2)CC1. The second kappa shape index (κ2) is 6.39. The molecule has 112 valence electrons. The van der Waals surface area contributed by atoms with E-state index in [1.807, 2.05) is 18.2 Å². The van der Waals surface area contributed by atoms with Crippen molar-refractivity contribution in [3.8, 4) is 0 Å². The van der Waals surface area contributed by atoms with Crippen molar-refractivity contribution in [2.45, 2.75) is 51.6 Å². The van der Waals surface area contributed by atoms with Crippen molar-refractivity contribution in [2.24, 2.45) is 5.92 Å². The molecule has 0 saturated heterocycles. The van der Waals surface area contributed by atoms with Gasteiger partial charge in [0.05, 0.1) is 5.69 Å². The van der Waals surface area contributed by atoms with Crippen molar-refractivity contribution < 1.29 is 0 Å². The molecule has 4 nitrogen and oxygen atoms in total. The molecular formula is C17H23N3O. The molecule has 2 heterocycles. The molecule has 0 aromatic carbocycles. The molecule has 21 heavy (non-hydrogen) atoms. The van der Waals surface area contributed by atoms with Crippen LogP contribution in [0.25, 0.3) is 5.65 Å². The van der Waals surface area contributed by atoms with E-state index in [9.17, 15) is 4.79 Å². The number of hydrogen-bond donors (Lipinski definition) is 1. The zero-order valence-electron chi connectivity index (χ0n) is 12.6. The monoisotopic (exact) mass is 285 g/mol. The first-order valence-corrected chi connectivity index (χ1v) is 7.93. The van der Waals surface area contributed by atoms with Crippen molar-refractivity contribution in [2.75, 3.05) is 0 Å². The van der Waals surface area contributed by atoms with E-state index in [-0.39, 0.29) is 5.56 Å². The highest BCUT2D eigenvalue weighted by atomic mass is 16.1. The lowest BCUT2D eigenvalue weighted by atomic mass is 10.0. The first-order valence-electron chi connectivity index (χ1n) is 7.93. The average molecular weight is 285 g/mol. The number of rotatable bonds is 3. The van der Waals surface area contributed by atoms with Gasteiger partial charge in [0.2, 0.25) is 0 Å². The van der Waals surface area contributed by atoms with Crippen molar-refractivity contribution in [1.82, 2.24) is 14.7 Å². The van der Waals surface area contributed by atoms with Gasteiger partial charge in [-0.05, 0) is 37.3 Å². The lowest BCUT2D eigenvalue weighted by Crippen LogP contribution is -2.29. The van der Waals surface area contributed by atoms with Gasteiger partial charge in [-0.2, -0.15) is 0 Å². The normalized spacial score (nSPS) is 23.1. The van der Waals surface area contributed by atoms with Crippen molar-refractivity contribution in [1.29, 1.82) is 0 Å². The molecule has 4 heteroatoms. The third kappa shape index (κ3) is 3.50. The summed E-state index contributed by atoms with van der Waals surface area (Å²) in [5, 5.41) is 3.58. The molecule has 2 aromatic heterocycles. The number of aromatic nitrogens is 2. The number of hydrogen-bond acceptors (Lipinski definition) is 3. The van der Waals surface area contributed by atoms with Crippen molar-refractivity contribution in [3.05, 3.63) is 46.5 Å². The summed E-state index contributed by atoms with van der Waals surface area (Å²) in [7, 11) is 0. The summed E-state index contributed by atoms with van der Waals surface area (Å²) in [5.41, 5.74) is 1.55. The summed E-state index contributed by atoms with van der Waals surface area (Å²) in [5.74, 6) is 0.847.